The lowest BCUT2D eigenvalue weighted by molar-refractivity contribution is -0.140. The van der Waals surface area contributed by atoms with Crippen LogP contribution in [0.1, 0.15) is 42.1 Å². The van der Waals surface area contributed by atoms with Gasteiger partial charge in [-0.3, -0.25) is 9.59 Å². The van der Waals surface area contributed by atoms with Gasteiger partial charge in [0.25, 0.3) is 11.7 Å². The number of Topliss-reactive ketones (excluding diaryl/α,β-unsaturated/α-hetero) is 1. The number of carbonyl (C=O) groups is 2. The average molecular weight is 559 g/mol. The molecule has 3 aromatic rings. The number of methoxy groups -OCH3 is 2. The van der Waals surface area contributed by atoms with Gasteiger partial charge in [0.05, 0.1) is 25.8 Å². The van der Waals surface area contributed by atoms with Gasteiger partial charge < -0.3 is 29.1 Å². The third kappa shape index (κ3) is 6.38. The topological polar surface area (TPSA) is 88.5 Å². The van der Waals surface area contributed by atoms with Crippen LogP contribution in [0.2, 0.25) is 0 Å². The molecule has 1 saturated heterocycles. The number of nitrogens with zero attached hydrogens (tertiary/aromatic N) is 2. The zero-order valence-electron chi connectivity index (χ0n) is 24.3. The number of likely N-dealkylation sites (tertiary alicyclic amines) is 1. The number of rotatable bonds is 12. The van der Waals surface area contributed by atoms with Crippen molar-refractivity contribution in [2.45, 2.75) is 33.4 Å². The Morgan fingerprint density at radius 2 is 1.59 bits per heavy atom. The van der Waals surface area contributed by atoms with Crippen LogP contribution in [0.25, 0.3) is 5.76 Å². The first-order valence-electron chi connectivity index (χ1n) is 13.8. The molecule has 1 aliphatic rings. The Balaban J connectivity index is 1.73. The fourth-order valence-corrected chi connectivity index (χ4v) is 5.12. The lowest BCUT2D eigenvalue weighted by Crippen LogP contribution is -2.38. The van der Waals surface area contributed by atoms with E-state index in [-0.39, 0.29) is 11.3 Å². The number of ether oxygens (including phenoxy) is 3. The summed E-state index contributed by atoms with van der Waals surface area (Å²) in [6.07, 6.45) is 0. The van der Waals surface area contributed by atoms with Crippen LogP contribution in [-0.2, 0) is 16.2 Å². The van der Waals surface area contributed by atoms with Crippen molar-refractivity contribution in [3.63, 3.8) is 0 Å². The maximum Gasteiger partial charge on any atom is 0.295 e. The Bertz CT molecular complexity index is 1410. The molecule has 0 spiro atoms. The van der Waals surface area contributed by atoms with Crippen molar-refractivity contribution >= 4 is 17.4 Å². The van der Waals surface area contributed by atoms with Crippen LogP contribution in [0.15, 0.2) is 72.3 Å². The molecule has 4 rings (SSSR count). The quantitative estimate of drug-likeness (QED) is 0.182. The van der Waals surface area contributed by atoms with Gasteiger partial charge >= 0.3 is 0 Å². The summed E-state index contributed by atoms with van der Waals surface area (Å²) in [5.41, 5.74) is 2.95. The smallest absolute Gasteiger partial charge is 0.295 e. The van der Waals surface area contributed by atoms with Gasteiger partial charge in [-0.15, -0.1) is 0 Å². The predicted octanol–water partition coefficient (Wildman–Crippen LogP) is 5.35. The van der Waals surface area contributed by atoms with Crippen molar-refractivity contribution in [3.8, 4) is 17.2 Å². The standard InChI is InChI=1S/C33H38N2O6/c1-6-34(7-2)17-18-35-30(24-13-16-27(39-4)28(20-24)40-5)29(32(37)33(35)38)31(36)25-14-15-26(22(3)19-25)41-21-23-11-9-8-10-12-23/h8-16,19-20,30,36H,6-7,17-18,21H2,1-5H3/b31-29+/t30-/m1/s1. The lowest BCUT2D eigenvalue weighted by atomic mass is 9.94. The Kier molecular flexibility index (Phi) is 9.68. The van der Waals surface area contributed by atoms with E-state index in [1.54, 1.807) is 43.5 Å². The molecule has 8 heteroatoms. The Morgan fingerprint density at radius 3 is 2.22 bits per heavy atom. The van der Waals surface area contributed by atoms with E-state index in [1.165, 1.54) is 12.0 Å². The number of aliphatic hydroxyl groups excluding tert-OH is 1. The molecule has 1 atom stereocenters. The average Bonchev–Trinajstić information content (AvgIpc) is 3.25. The van der Waals surface area contributed by atoms with Gasteiger partial charge in [-0.2, -0.15) is 0 Å². The third-order valence-corrected chi connectivity index (χ3v) is 7.50. The molecule has 0 bridgehead atoms. The minimum Gasteiger partial charge on any atom is -0.507 e. The largest absolute Gasteiger partial charge is 0.507 e. The first-order valence-corrected chi connectivity index (χ1v) is 13.8. The first kappa shape index (κ1) is 29.7. The number of ketones is 1. The van der Waals surface area contributed by atoms with Crippen molar-refractivity contribution in [2.24, 2.45) is 0 Å². The van der Waals surface area contributed by atoms with Gasteiger partial charge in [0, 0.05) is 18.7 Å². The second kappa shape index (κ2) is 13.4. The van der Waals surface area contributed by atoms with Crippen molar-refractivity contribution in [1.29, 1.82) is 0 Å². The molecular formula is C33H38N2O6. The Labute approximate surface area is 241 Å². The van der Waals surface area contributed by atoms with E-state index in [9.17, 15) is 14.7 Å². The fraction of sp³-hybridized carbons (Fsp3) is 0.333. The van der Waals surface area contributed by atoms with E-state index in [2.05, 4.69) is 18.7 Å². The summed E-state index contributed by atoms with van der Waals surface area (Å²) in [4.78, 5) is 30.6. The van der Waals surface area contributed by atoms with E-state index in [0.29, 0.717) is 48.1 Å². The number of aryl methyl sites for hydroxylation is 1. The number of hydrogen-bond acceptors (Lipinski definition) is 7. The van der Waals surface area contributed by atoms with Gasteiger partial charge in [0.15, 0.2) is 11.5 Å². The van der Waals surface area contributed by atoms with Crippen LogP contribution in [0.3, 0.4) is 0 Å². The van der Waals surface area contributed by atoms with Crippen molar-refractivity contribution < 1.29 is 28.9 Å². The van der Waals surface area contributed by atoms with Crippen LogP contribution in [0.5, 0.6) is 17.2 Å². The Hall–Kier alpha value is -4.30. The predicted molar refractivity (Wildman–Crippen MR) is 158 cm³/mol. The highest BCUT2D eigenvalue weighted by Gasteiger charge is 2.46. The lowest BCUT2D eigenvalue weighted by Gasteiger charge is -2.28. The molecule has 0 aliphatic carbocycles. The molecule has 0 unspecified atom stereocenters. The van der Waals surface area contributed by atoms with Crippen LogP contribution in [-0.4, -0.2) is 67.0 Å². The van der Waals surface area contributed by atoms with Crippen molar-refractivity contribution in [2.75, 3.05) is 40.4 Å². The highest BCUT2D eigenvalue weighted by molar-refractivity contribution is 6.46. The van der Waals surface area contributed by atoms with E-state index < -0.39 is 17.7 Å². The summed E-state index contributed by atoms with van der Waals surface area (Å²) in [7, 11) is 3.08. The number of benzene rings is 3. The highest BCUT2D eigenvalue weighted by Crippen LogP contribution is 2.42. The summed E-state index contributed by atoms with van der Waals surface area (Å²) in [5.74, 6) is 0.0720. The van der Waals surface area contributed by atoms with Crippen molar-refractivity contribution in [1.82, 2.24) is 9.80 Å². The van der Waals surface area contributed by atoms with E-state index in [0.717, 1.165) is 24.2 Å². The molecule has 0 saturated carbocycles. The first-order chi connectivity index (χ1) is 19.8. The molecule has 1 N–H and O–H groups in total. The number of amides is 1. The molecule has 8 nitrogen and oxygen atoms in total. The molecular weight excluding hydrogens is 520 g/mol. The number of likely N-dealkylation sites (N-methyl/N-ethyl adjacent to an activating group) is 1. The molecule has 3 aromatic carbocycles. The second-order valence-electron chi connectivity index (χ2n) is 9.89. The number of carbonyl (C=O) groups excluding carboxylic acids is 2. The van der Waals surface area contributed by atoms with Crippen LogP contribution in [0.4, 0.5) is 0 Å². The zero-order chi connectivity index (χ0) is 29.5. The molecule has 1 aliphatic heterocycles. The zero-order valence-corrected chi connectivity index (χ0v) is 24.3. The van der Waals surface area contributed by atoms with Crippen LogP contribution in [0, 0.1) is 6.92 Å². The van der Waals surface area contributed by atoms with Gasteiger partial charge in [-0.1, -0.05) is 50.2 Å². The molecule has 41 heavy (non-hydrogen) atoms. The van der Waals surface area contributed by atoms with Gasteiger partial charge in [0.1, 0.15) is 18.1 Å². The molecule has 216 valence electrons. The molecule has 1 fully saturated rings. The van der Waals surface area contributed by atoms with E-state index in [1.807, 2.05) is 37.3 Å². The maximum absolute atomic E-state index is 13.5. The molecule has 0 radical (unpaired) electrons. The molecule has 0 aromatic heterocycles. The van der Waals surface area contributed by atoms with Gasteiger partial charge in [-0.05, 0) is 67.0 Å². The normalized spacial score (nSPS) is 16.3. The fourth-order valence-electron chi connectivity index (χ4n) is 5.12. The van der Waals surface area contributed by atoms with Crippen LogP contribution >= 0.6 is 0 Å². The summed E-state index contributed by atoms with van der Waals surface area (Å²) in [6, 6.07) is 19.6. The monoisotopic (exact) mass is 558 g/mol. The SMILES string of the molecule is CCN(CC)CCN1C(=O)C(=O)/C(=C(/O)c2ccc(OCc3ccccc3)c(C)c2)[C@H]1c1ccc(OC)c(OC)c1. The molecule has 1 amide bonds. The molecule has 1 heterocycles. The van der Waals surface area contributed by atoms with Crippen LogP contribution < -0.4 is 14.2 Å². The summed E-state index contributed by atoms with van der Waals surface area (Å²) >= 11 is 0. The van der Waals surface area contributed by atoms with Gasteiger partial charge in [-0.25, -0.2) is 0 Å². The number of hydrogen-bond donors (Lipinski definition) is 1. The van der Waals surface area contributed by atoms with Crippen molar-refractivity contribution in [3.05, 3.63) is 94.6 Å². The minimum atomic E-state index is -0.792. The van der Waals surface area contributed by atoms with Gasteiger partial charge in [0.2, 0.25) is 0 Å². The second-order valence-corrected chi connectivity index (χ2v) is 9.89. The number of aliphatic hydroxyl groups is 1. The summed E-state index contributed by atoms with van der Waals surface area (Å²) < 4.78 is 16.9. The highest BCUT2D eigenvalue weighted by atomic mass is 16.5. The third-order valence-electron chi connectivity index (χ3n) is 7.50. The van der Waals surface area contributed by atoms with E-state index in [4.69, 9.17) is 14.2 Å². The summed E-state index contributed by atoms with van der Waals surface area (Å²) in [5, 5.41) is 11.6. The minimum absolute atomic E-state index is 0.0409. The Morgan fingerprint density at radius 1 is 0.902 bits per heavy atom. The maximum atomic E-state index is 13.5. The summed E-state index contributed by atoms with van der Waals surface area (Å²) in [6.45, 7) is 8.95. The van der Waals surface area contributed by atoms with E-state index >= 15 is 0 Å².